The number of aliphatic hydroxyl groups is 1. The van der Waals surface area contributed by atoms with Crippen LogP contribution in [0.3, 0.4) is 0 Å². The molecule has 2 heterocycles. The van der Waals surface area contributed by atoms with Crippen LogP contribution in [0, 0.1) is 12.8 Å². The van der Waals surface area contributed by atoms with Gasteiger partial charge in [-0.1, -0.05) is 67.6 Å². The molecule has 1 aliphatic carbocycles. The molecule has 3 unspecified atom stereocenters. The monoisotopic (exact) mass is 960 g/mol. The van der Waals surface area contributed by atoms with E-state index in [2.05, 4.69) is 10.6 Å². The summed E-state index contributed by atoms with van der Waals surface area (Å²) in [6.07, 6.45) is -2.65. The molecule has 7 rings (SSSR count). The van der Waals surface area contributed by atoms with E-state index in [-0.39, 0.29) is 31.4 Å². The van der Waals surface area contributed by atoms with E-state index in [9.17, 15) is 41.1 Å². The number of amides is 3. The van der Waals surface area contributed by atoms with Gasteiger partial charge in [0, 0.05) is 29.5 Å². The maximum absolute atomic E-state index is 14.6. The number of aromatic nitrogens is 1. The molecular formula is C49H53F3N5O10S+. The Morgan fingerprint density at radius 1 is 0.956 bits per heavy atom. The normalized spacial score (nSPS) is 18.0. The van der Waals surface area contributed by atoms with Crippen molar-refractivity contribution in [2.75, 3.05) is 19.7 Å². The molecular weight excluding hydrogens is 908 g/mol. The predicted octanol–water partition coefficient (Wildman–Crippen LogP) is 6.74. The number of ether oxygens (including phenoxy) is 3. The molecule has 6 N–H and O–H groups in total. The van der Waals surface area contributed by atoms with Gasteiger partial charge in [0.15, 0.2) is 0 Å². The molecule has 1 saturated carbocycles. The van der Waals surface area contributed by atoms with Crippen LogP contribution in [0.4, 0.5) is 18.0 Å². The van der Waals surface area contributed by atoms with Crippen molar-refractivity contribution in [3.05, 3.63) is 126 Å². The van der Waals surface area contributed by atoms with Crippen molar-refractivity contribution < 1.29 is 60.4 Å². The minimum atomic E-state index is -4.86. The van der Waals surface area contributed by atoms with Crippen LogP contribution in [0.15, 0.2) is 120 Å². The predicted molar refractivity (Wildman–Crippen MR) is 246 cm³/mol. The molecule has 15 nitrogen and oxygen atoms in total. The van der Waals surface area contributed by atoms with E-state index in [0.717, 1.165) is 36.1 Å². The number of benzene rings is 4. The van der Waals surface area contributed by atoms with Crippen molar-refractivity contribution in [1.29, 1.82) is 0 Å². The molecule has 5 aromatic rings. The lowest BCUT2D eigenvalue weighted by Crippen LogP contribution is -2.58. The van der Waals surface area contributed by atoms with Crippen molar-refractivity contribution >= 4 is 38.8 Å². The smallest absolute Gasteiger partial charge is 0.416 e. The van der Waals surface area contributed by atoms with Gasteiger partial charge in [0.25, 0.3) is 5.75 Å². The molecule has 19 heteroatoms. The fraction of sp³-hybridized carbons (Fsp3) is 0.347. The molecule has 1 aliphatic heterocycles. The summed E-state index contributed by atoms with van der Waals surface area (Å²) in [5, 5.41) is 25.6. The minimum absolute atomic E-state index is 0.0411. The maximum Gasteiger partial charge on any atom is 0.416 e. The van der Waals surface area contributed by atoms with Gasteiger partial charge in [-0.3, -0.25) is 9.59 Å². The number of nitrogens with zero attached hydrogens (tertiary/aromatic N) is 2. The van der Waals surface area contributed by atoms with Gasteiger partial charge in [-0.15, -0.1) is 0 Å². The van der Waals surface area contributed by atoms with Crippen LogP contribution in [0.1, 0.15) is 50.2 Å². The standard InChI is InChI=1S/C49H52F3N5O10S/c1-30-11-8-18-36(23-30)65-22-10-12-31(2)45(47(61)56-68(63,64)38-19-9-15-33(24-38)49(50,51)52)55-46(60)42-26-37(29-57(42)44(59)28-53-48(62)67-35-16-6-7-17-35)66-43-27-40(32-13-4-3-5-14-32)54-41-25-34(58)20-21-39(41)43/h3-5,8-15,18-21,23-25,27,31,35,37,42,45,47,56,58,61H,6-7,16-17,22,26,28-29H2,1-2H3,(H,53,62)(H,55,60)/p+1/b12-10-/t31?,37?,42-,45+,47?/m0/s1. The van der Waals surface area contributed by atoms with Gasteiger partial charge in [0.1, 0.15) is 49.1 Å². The van der Waals surface area contributed by atoms with E-state index in [0.29, 0.717) is 53.1 Å². The number of rotatable bonds is 17. The van der Waals surface area contributed by atoms with Gasteiger partial charge in [-0.2, -0.15) is 17.9 Å². The summed E-state index contributed by atoms with van der Waals surface area (Å²) in [7, 11) is -4.83. The number of likely N-dealkylation sites (tertiary alicyclic amines) is 1. The fourth-order valence-corrected chi connectivity index (χ4v) is 9.36. The number of fused-ring (bicyclic) bond motifs is 1. The largest absolute Gasteiger partial charge is 0.593 e. The zero-order valence-electron chi connectivity index (χ0n) is 37.2. The van der Waals surface area contributed by atoms with Crippen LogP contribution in [-0.4, -0.2) is 96.6 Å². The number of aryl methyl sites for hydroxylation is 1. The third-order valence-electron chi connectivity index (χ3n) is 11.7. The lowest BCUT2D eigenvalue weighted by Gasteiger charge is -2.31. The second-order valence-corrected chi connectivity index (χ2v) is 18.6. The van der Waals surface area contributed by atoms with Gasteiger partial charge < -0.3 is 40.0 Å². The molecule has 1 saturated heterocycles. The van der Waals surface area contributed by atoms with Gasteiger partial charge in [-0.25, -0.2) is 18.2 Å². The minimum Gasteiger partial charge on any atom is -0.593 e. The second kappa shape index (κ2) is 21.5. The summed E-state index contributed by atoms with van der Waals surface area (Å²) in [6.45, 7) is 2.80. The average Bonchev–Trinajstić information content (AvgIpc) is 3.99. The van der Waals surface area contributed by atoms with E-state index in [1.165, 1.54) is 4.90 Å². The van der Waals surface area contributed by atoms with Crippen LogP contribution in [0.2, 0.25) is 0 Å². The van der Waals surface area contributed by atoms with Gasteiger partial charge in [0.05, 0.1) is 40.3 Å². The third-order valence-corrected chi connectivity index (χ3v) is 13.1. The summed E-state index contributed by atoms with van der Waals surface area (Å²) in [5.74, 6) is -1.24. The summed E-state index contributed by atoms with van der Waals surface area (Å²) in [5.41, 5.74) is 1.50. The molecule has 360 valence electrons. The molecule has 2 fully saturated rings. The van der Waals surface area contributed by atoms with Crippen molar-refractivity contribution in [2.24, 2.45) is 5.92 Å². The van der Waals surface area contributed by atoms with E-state index in [1.54, 1.807) is 49.4 Å². The number of aliphatic hydroxyl groups excluding tert-OH is 1. The number of carbonyl (C=O) groups excluding carboxylic acids is 3. The van der Waals surface area contributed by atoms with Crippen molar-refractivity contribution in [3.63, 3.8) is 0 Å². The molecule has 68 heavy (non-hydrogen) atoms. The van der Waals surface area contributed by atoms with E-state index in [1.807, 2.05) is 60.2 Å². The Hall–Kier alpha value is -6.70. The highest BCUT2D eigenvalue weighted by molar-refractivity contribution is 7.89. The molecule has 5 atom stereocenters. The first-order valence-corrected chi connectivity index (χ1v) is 23.6. The lowest BCUT2D eigenvalue weighted by molar-refractivity contribution is -0.138. The Labute approximate surface area is 391 Å². The number of pyridine rings is 1. The van der Waals surface area contributed by atoms with Crippen molar-refractivity contribution in [3.8, 4) is 28.5 Å². The Morgan fingerprint density at radius 3 is 2.44 bits per heavy atom. The first-order chi connectivity index (χ1) is 32.4. The number of sulfonamides is 1. The van der Waals surface area contributed by atoms with E-state index < -0.39 is 81.4 Å². The number of hydrogen-bond donors (Lipinski definition) is 4. The molecule has 4 aromatic carbocycles. The second-order valence-electron chi connectivity index (χ2n) is 16.8. The Kier molecular flexibility index (Phi) is 15.6. The van der Waals surface area contributed by atoms with Crippen molar-refractivity contribution in [2.45, 2.75) is 87.5 Å². The number of hydrogen-bond acceptors (Lipinski definition) is 10. The van der Waals surface area contributed by atoms with Crippen LogP contribution in [-0.2, 0) is 30.5 Å². The topological polar surface area (TPSA) is 208 Å². The van der Waals surface area contributed by atoms with E-state index in [4.69, 9.17) is 24.3 Å². The van der Waals surface area contributed by atoms with Crippen LogP contribution >= 0.6 is 0 Å². The molecule has 1 aromatic heterocycles. The Balaban J connectivity index is 1.16. The molecule has 0 radical (unpaired) electrons. The number of nitrogens with one attached hydrogen (secondary N) is 3. The average molecular weight is 961 g/mol. The first-order valence-electron chi connectivity index (χ1n) is 22.1. The van der Waals surface area contributed by atoms with Gasteiger partial charge in [0.2, 0.25) is 21.8 Å². The van der Waals surface area contributed by atoms with Gasteiger partial charge >= 0.3 is 12.3 Å². The Morgan fingerprint density at radius 2 is 1.71 bits per heavy atom. The first kappa shape index (κ1) is 49.2. The SMILES string of the molecule is Cc1cccc(OC/C=C\C(C)[C@@H](NC(=O)[C@@H]2CC(Oc3cc(-c4ccccc4)nc4cc([OH2+])ccc34)CN2C(=O)CNC(=O)OC2CCCC2)C(O)NS(=O)(=O)c2cccc(C(F)(F)F)c2)c1. The number of carbonyl (C=O) groups is 3. The zero-order valence-corrected chi connectivity index (χ0v) is 38.1. The summed E-state index contributed by atoms with van der Waals surface area (Å²) in [6, 6.07) is 23.3. The highest BCUT2D eigenvalue weighted by Gasteiger charge is 2.43. The summed E-state index contributed by atoms with van der Waals surface area (Å²) in [4.78, 5) is 46.6. The number of alkyl carbamates (subject to hydrolysis) is 1. The van der Waals surface area contributed by atoms with E-state index >= 15 is 0 Å². The summed E-state index contributed by atoms with van der Waals surface area (Å²) >= 11 is 0. The number of halogens is 3. The Bertz CT molecular complexity index is 2740. The molecule has 0 spiro atoms. The molecule has 3 amide bonds. The van der Waals surface area contributed by atoms with Gasteiger partial charge in [-0.05, 0) is 80.5 Å². The number of alkyl halides is 3. The van der Waals surface area contributed by atoms with Crippen LogP contribution in [0.5, 0.6) is 17.2 Å². The highest BCUT2D eigenvalue weighted by atomic mass is 32.2. The van der Waals surface area contributed by atoms with Crippen LogP contribution in [0.25, 0.3) is 22.2 Å². The maximum atomic E-state index is 14.6. The molecule has 2 aliphatic rings. The summed E-state index contributed by atoms with van der Waals surface area (Å²) < 4.78 is 87.8. The fourth-order valence-electron chi connectivity index (χ4n) is 8.22. The third kappa shape index (κ3) is 12.6. The van der Waals surface area contributed by atoms with Crippen molar-refractivity contribution in [1.82, 2.24) is 25.2 Å². The highest BCUT2D eigenvalue weighted by Crippen LogP contribution is 2.35. The lowest BCUT2D eigenvalue weighted by atomic mass is 9.99. The van der Waals surface area contributed by atoms with Crippen LogP contribution < -0.4 is 24.8 Å². The zero-order chi connectivity index (χ0) is 48.6. The quantitative estimate of drug-likeness (QED) is 0.0439. The molecule has 0 bridgehead atoms.